The highest BCUT2D eigenvalue weighted by Crippen LogP contribution is 2.41. The molecule has 4 heteroatoms. The van der Waals surface area contributed by atoms with E-state index in [4.69, 9.17) is 0 Å². The van der Waals surface area contributed by atoms with Crippen LogP contribution in [-0.4, -0.2) is 9.13 Å². The van der Waals surface area contributed by atoms with Gasteiger partial charge in [0, 0.05) is 38.1 Å². The van der Waals surface area contributed by atoms with Crippen molar-refractivity contribution < 1.29 is 0 Å². The first-order valence-corrected chi connectivity index (χ1v) is 14.1. The fourth-order valence-electron chi connectivity index (χ4n) is 6.69. The second-order valence-electron chi connectivity index (χ2n) is 10.7. The lowest BCUT2D eigenvalue weighted by molar-refractivity contribution is 0.626. The molecule has 8 rings (SSSR count). The Kier molecular flexibility index (Phi) is 5.36. The van der Waals surface area contributed by atoms with E-state index in [9.17, 15) is 10.5 Å². The predicted octanol–water partition coefficient (Wildman–Crippen LogP) is 9.38. The van der Waals surface area contributed by atoms with Gasteiger partial charge in [-0.3, -0.25) is 0 Å². The summed E-state index contributed by atoms with van der Waals surface area (Å²) in [4.78, 5) is 0. The van der Waals surface area contributed by atoms with Gasteiger partial charge in [0.05, 0.1) is 46.0 Å². The molecule has 196 valence electrons. The quantitative estimate of drug-likeness (QED) is 0.226. The number of rotatable bonds is 3. The van der Waals surface area contributed by atoms with Gasteiger partial charge in [-0.1, -0.05) is 72.8 Å². The molecule has 5 aromatic carbocycles. The molecule has 2 aromatic heterocycles. The van der Waals surface area contributed by atoms with E-state index in [1.165, 1.54) is 10.8 Å². The normalized spacial score (nSPS) is 14.8. The third kappa shape index (κ3) is 3.46. The third-order valence-electron chi connectivity index (χ3n) is 8.54. The Morgan fingerprint density at radius 2 is 1.29 bits per heavy atom. The molecule has 1 atom stereocenters. The Morgan fingerprint density at radius 1 is 0.619 bits per heavy atom. The van der Waals surface area contributed by atoms with E-state index in [2.05, 4.69) is 124 Å². The van der Waals surface area contributed by atoms with E-state index < -0.39 is 0 Å². The SMILES string of the molecule is N#CC1=CC=CCC1n1c2ccccc2c2cc(-c3ccccc3-n3c4ccccc4c4cc(C#N)ccc43)ccc21. The van der Waals surface area contributed by atoms with Crippen LogP contribution in [0.3, 0.4) is 0 Å². The first kappa shape index (κ1) is 24.0. The highest BCUT2D eigenvalue weighted by Gasteiger charge is 2.23. The highest BCUT2D eigenvalue weighted by atomic mass is 15.0. The van der Waals surface area contributed by atoms with Crippen molar-refractivity contribution in [3.63, 3.8) is 0 Å². The van der Waals surface area contributed by atoms with Crippen LogP contribution in [0.15, 0.2) is 133 Å². The topological polar surface area (TPSA) is 57.4 Å². The summed E-state index contributed by atoms with van der Waals surface area (Å²) in [5.41, 5.74) is 9.21. The second-order valence-corrected chi connectivity index (χ2v) is 10.7. The Hall–Kier alpha value is -5.84. The molecule has 42 heavy (non-hydrogen) atoms. The van der Waals surface area contributed by atoms with Gasteiger partial charge < -0.3 is 9.13 Å². The fourth-order valence-corrected chi connectivity index (χ4v) is 6.69. The molecule has 0 fully saturated rings. The summed E-state index contributed by atoms with van der Waals surface area (Å²) in [5.74, 6) is 0. The molecular formula is C38H24N4. The summed E-state index contributed by atoms with van der Waals surface area (Å²) in [7, 11) is 0. The molecule has 0 saturated carbocycles. The summed E-state index contributed by atoms with van der Waals surface area (Å²) < 4.78 is 4.64. The molecular weight excluding hydrogens is 512 g/mol. The number of nitriles is 2. The maximum atomic E-state index is 9.91. The fraction of sp³-hybridized carbons (Fsp3) is 0.0526. The first-order chi connectivity index (χ1) is 20.8. The van der Waals surface area contributed by atoms with Crippen LogP contribution < -0.4 is 0 Å². The average Bonchev–Trinajstić information content (AvgIpc) is 3.56. The molecule has 4 nitrogen and oxygen atoms in total. The number of allylic oxidation sites excluding steroid dienone is 4. The van der Waals surface area contributed by atoms with Gasteiger partial charge in [-0.2, -0.15) is 10.5 Å². The summed E-state index contributed by atoms with van der Waals surface area (Å²) in [6.45, 7) is 0. The molecule has 0 spiro atoms. The van der Waals surface area contributed by atoms with Gasteiger partial charge in [0.25, 0.3) is 0 Å². The van der Waals surface area contributed by atoms with Crippen molar-refractivity contribution in [2.75, 3.05) is 0 Å². The van der Waals surface area contributed by atoms with Gasteiger partial charge in [0.15, 0.2) is 0 Å². The number of hydrogen-bond donors (Lipinski definition) is 0. The van der Waals surface area contributed by atoms with Crippen LogP contribution in [0.1, 0.15) is 18.0 Å². The van der Waals surface area contributed by atoms with Gasteiger partial charge in [0.1, 0.15) is 0 Å². The molecule has 2 heterocycles. The van der Waals surface area contributed by atoms with Gasteiger partial charge in [-0.05, 0) is 66.6 Å². The summed E-state index contributed by atoms with van der Waals surface area (Å²) >= 11 is 0. The molecule has 0 bridgehead atoms. The van der Waals surface area contributed by atoms with Crippen molar-refractivity contribution in [2.24, 2.45) is 0 Å². The molecule has 7 aromatic rings. The third-order valence-corrected chi connectivity index (χ3v) is 8.54. The smallest absolute Gasteiger partial charge is 0.0991 e. The van der Waals surface area contributed by atoms with Crippen molar-refractivity contribution >= 4 is 43.6 Å². The van der Waals surface area contributed by atoms with Crippen LogP contribution in [-0.2, 0) is 0 Å². The average molecular weight is 537 g/mol. The monoisotopic (exact) mass is 536 g/mol. The summed E-state index contributed by atoms with van der Waals surface area (Å²) in [6.07, 6.45) is 6.85. The minimum atomic E-state index is -0.0311. The highest BCUT2D eigenvalue weighted by molar-refractivity contribution is 6.11. The van der Waals surface area contributed by atoms with Crippen molar-refractivity contribution in [1.29, 1.82) is 10.5 Å². The van der Waals surface area contributed by atoms with Crippen molar-refractivity contribution in [3.8, 4) is 29.0 Å². The molecule has 0 aliphatic heterocycles. The molecule has 0 amide bonds. The van der Waals surface area contributed by atoms with Gasteiger partial charge >= 0.3 is 0 Å². The van der Waals surface area contributed by atoms with E-state index in [-0.39, 0.29) is 6.04 Å². The lowest BCUT2D eigenvalue weighted by Crippen LogP contribution is -2.12. The molecule has 1 aliphatic carbocycles. The zero-order valence-corrected chi connectivity index (χ0v) is 22.7. The van der Waals surface area contributed by atoms with Crippen LogP contribution in [0.2, 0.25) is 0 Å². The maximum Gasteiger partial charge on any atom is 0.0991 e. The summed E-state index contributed by atoms with van der Waals surface area (Å²) in [5, 5.41) is 24.0. The van der Waals surface area contributed by atoms with Crippen LogP contribution in [0.4, 0.5) is 0 Å². The summed E-state index contributed by atoms with van der Waals surface area (Å²) in [6, 6.07) is 42.8. The van der Waals surface area contributed by atoms with E-state index in [0.29, 0.717) is 5.56 Å². The van der Waals surface area contributed by atoms with Crippen molar-refractivity contribution in [1.82, 2.24) is 9.13 Å². The van der Waals surface area contributed by atoms with Crippen molar-refractivity contribution in [2.45, 2.75) is 12.5 Å². The lowest BCUT2D eigenvalue weighted by Gasteiger charge is -2.21. The number of nitrogens with zero attached hydrogens (tertiary/aromatic N) is 4. The Bertz CT molecular complexity index is 2360. The molecule has 1 unspecified atom stereocenters. The molecule has 0 radical (unpaired) electrons. The zero-order chi connectivity index (χ0) is 28.2. The van der Waals surface area contributed by atoms with Crippen LogP contribution in [0.25, 0.3) is 60.4 Å². The maximum absolute atomic E-state index is 9.91. The zero-order valence-electron chi connectivity index (χ0n) is 22.7. The van der Waals surface area contributed by atoms with Gasteiger partial charge in [-0.25, -0.2) is 0 Å². The molecule has 1 aliphatic rings. The Labute approximate surface area is 242 Å². The minimum Gasteiger partial charge on any atom is -0.332 e. The predicted molar refractivity (Wildman–Crippen MR) is 170 cm³/mol. The van der Waals surface area contributed by atoms with Gasteiger partial charge in [0.2, 0.25) is 0 Å². The standard InChI is InChI=1S/C38H24N4/c39-23-25-17-19-37-31(21-25)29-11-3-8-16-36(29)42(37)34-14-6-2-10-28(34)26-18-20-38-32(22-26)30-12-4-7-15-35(30)41(38)33-13-5-1-9-27(33)24-40/h1-12,14-22,33H,13H2. The number of benzene rings is 5. The Balaban J connectivity index is 1.38. The largest absolute Gasteiger partial charge is 0.332 e. The Morgan fingerprint density at radius 3 is 2.12 bits per heavy atom. The van der Waals surface area contributed by atoms with E-state index in [1.807, 2.05) is 24.3 Å². The minimum absolute atomic E-state index is 0.0311. The second kappa shape index (κ2) is 9.37. The number of aromatic nitrogens is 2. The van der Waals surface area contributed by atoms with Crippen LogP contribution in [0.5, 0.6) is 0 Å². The van der Waals surface area contributed by atoms with Crippen molar-refractivity contribution in [3.05, 3.63) is 139 Å². The van der Waals surface area contributed by atoms with Crippen LogP contribution >= 0.6 is 0 Å². The lowest BCUT2D eigenvalue weighted by atomic mass is 9.99. The van der Waals surface area contributed by atoms with E-state index in [1.54, 1.807) is 0 Å². The number of hydrogen-bond acceptors (Lipinski definition) is 2. The molecule has 0 saturated heterocycles. The van der Waals surface area contributed by atoms with E-state index in [0.717, 1.165) is 61.6 Å². The van der Waals surface area contributed by atoms with E-state index >= 15 is 0 Å². The first-order valence-electron chi connectivity index (χ1n) is 14.1. The number of fused-ring (bicyclic) bond motifs is 6. The van der Waals surface area contributed by atoms with Crippen LogP contribution in [0, 0.1) is 22.7 Å². The molecule has 0 N–H and O–H groups in total. The number of para-hydroxylation sites is 3. The van der Waals surface area contributed by atoms with Gasteiger partial charge in [-0.15, -0.1) is 0 Å².